The van der Waals surface area contributed by atoms with Crippen molar-refractivity contribution < 1.29 is 9.59 Å². The van der Waals surface area contributed by atoms with E-state index >= 15 is 0 Å². The Morgan fingerprint density at radius 1 is 1.27 bits per heavy atom. The normalized spacial score (nSPS) is 17.4. The van der Waals surface area contributed by atoms with Gasteiger partial charge < -0.3 is 10.2 Å². The van der Waals surface area contributed by atoms with Crippen molar-refractivity contribution in [1.82, 2.24) is 19.9 Å². The second-order valence-corrected chi connectivity index (χ2v) is 8.48. The minimum atomic E-state index is -0.418. The molecule has 1 N–H and O–H groups in total. The first-order valence-corrected chi connectivity index (χ1v) is 9.44. The lowest BCUT2D eigenvalue weighted by Gasteiger charge is -2.30. The molecule has 0 unspecified atom stereocenters. The topological polar surface area (TPSA) is 88.1 Å². The molecule has 0 aromatic carbocycles. The highest BCUT2D eigenvalue weighted by molar-refractivity contribution is 7.19. The molecule has 1 aliphatic heterocycles. The predicted molar refractivity (Wildman–Crippen MR) is 101 cm³/mol. The SMILES string of the molecule is CC(=O)Nc1ncc(-c2cncc([C@@H]3CCCN3C(=O)C(C)(C)C)n2)s1. The van der Waals surface area contributed by atoms with Crippen molar-refractivity contribution in [2.75, 3.05) is 11.9 Å². The van der Waals surface area contributed by atoms with Crippen LogP contribution in [0.25, 0.3) is 10.6 Å². The van der Waals surface area contributed by atoms with Crippen molar-refractivity contribution in [2.45, 2.75) is 46.6 Å². The van der Waals surface area contributed by atoms with Gasteiger partial charge in [0.15, 0.2) is 5.13 Å². The number of hydrogen-bond acceptors (Lipinski definition) is 6. The third-order valence-electron chi connectivity index (χ3n) is 4.19. The van der Waals surface area contributed by atoms with Gasteiger partial charge in [-0.2, -0.15) is 0 Å². The maximum absolute atomic E-state index is 12.7. The van der Waals surface area contributed by atoms with Gasteiger partial charge in [0.2, 0.25) is 11.8 Å². The molecule has 1 atom stereocenters. The zero-order valence-corrected chi connectivity index (χ0v) is 16.3. The van der Waals surface area contributed by atoms with Crippen molar-refractivity contribution in [3.63, 3.8) is 0 Å². The Kier molecular flexibility index (Phi) is 5.04. The third kappa shape index (κ3) is 3.90. The van der Waals surface area contributed by atoms with Gasteiger partial charge in [0.25, 0.3) is 0 Å². The van der Waals surface area contributed by atoms with Gasteiger partial charge in [-0.1, -0.05) is 32.1 Å². The summed E-state index contributed by atoms with van der Waals surface area (Å²) in [4.78, 5) is 39.9. The molecule has 2 aromatic heterocycles. The van der Waals surface area contributed by atoms with Gasteiger partial charge in [-0.25, -0.2) is 9.97 Å². The predicted octanol–water partition coefficient (Wildman–Crippen LogP) is 3.27. The number of aromatic nitrogens is 3. The van der Waals surface area contributed by atoms with E-state index in [2.05, 4.69) is 15.3 Å². The molecule has 0 saturated carbocycles. The van der Waals surface area contributed by atoms with Crippen molar-refractivity contribution in [1.29, 1.82) is 0 Å². The van der Waals surface area contributed by atoms with Gasteiger partial charge in [0, 0.05) is 25.1 Å². The van der Waals surface area contributed by atoms with Gasteiger partial charge >= 0.3 is 0 Å². The summed E-state index contributed by atoms with van der Waals surface area (Å²) in [5.74, 6) is -0.0223. The highest BCUT2D eigenvalue weighted by Crippen LogP contribution is 2.35. The molecule has 3 heterocycles. The van der Waals surface area contributed by atoms with Crippen LogP contribution in [-0.4, -0.2) is 38.2 Å². The number of hydrogen-bond donors (Lipinski definition) is 1. The molecule has 0 bridgehead atoms. The minimum Gasteiger partial charge on any atom is -0.334 e. The Bertz CT molecular complexity index is 827. The number of amides is 2. The largest absolute Gasteiger partial charge is 0.334 e. The monoisotopic (exact) mass is 373 g/mol. The molecule has 0 radical (unpaired) electrons. The van der Waals surface area contributed by atoms with Crippen LogP contribution < -0.4 is 5.32 Å². The standard InChI is InChI=1S/C18H23N5O2S/c1-11(24)21-17-20-10-15(26-17)13-9-19-8-12(22-13)14-6-5-7-23(14)16(25)18(2,3)4/h8-10,14H,5-7H2,1-4H3,(H,20,21,24)/t14-/m0/s1. The summed E-state index contributed by atoms with van der Waals surface area (Å²) >= 11 is 1.35. The summed E-state index contributed by atoms with van der Waals surface area (Å²) in [6, 6.07) is -0.0445. The minimum absolute atomic E-state index is 0.0445. The molecular formula is C18H23N5O2S. The average molecular weight is 373 g/mol. The number of likely N-dealkylation sites (tertiary alicyclic amines) is 1. The lowest BCUT2D eigenvalue weighted by Crippen LogP contribution is -2.39. The van der Waals surface area contributed by atoms with Crippen LogP contribution in [0.3, 0.4) is 0 Å². The fourth-order valence-electron chi connectivity index (χ4n) is 3.01. The van der Waals surface area contributed by atoms with E-state index in [0.29, 0.717) is 10.8 Å². The molecule has 2 amide bonds. The van der Waals surface area contributed by atoms with Crippen LogP contribution in [0.1, 0.15) is 52.3 Å². The molecule has 2 aromatic rings. The fourth-order valence-corrected chi connectivity index (χ4v) is 3.83. The van der Waals surface area contributed by atoms with E-state index in [1.54, 1.807) is 18.6 Å². The number of anilines is 1. The Hall–Kier alpha value is -2.35. The Labute approximate surface area is 156 Å². The highest BCUT2D eigenvalue weighted by Gasteiger charge is 2.36. The second kappa shape index (κ2) is 7.11. The van der Waals surface area contributed by atoms with E-state index in [0.717, 1.165) is 30.0 Å². The molecule has 26 heavy (non-hydrogen) atoms. The van der Waals surface area contributed by atoms with Crippen LogP contribution in [0, 0.1) is 5.41 Å². The fraction of sp³-hybridized carbons (Fsp3) is 0.500. The second-order valence-electron chi connectivity index (χ2n) is 7.45. The molecule has 0 spiro atoms. The lowest BCUT2D eigenvalue weighted by molar-refractivity contribution is -0.140. The van der Waals surface area contributed by atoms with Crippen molar-refractivity contribution >= 4 is 28.3 Å². The molecule has 138 valence electrons. The summed E-state index contributed by atoms with van der Waals surface area (Å²) in [6.07, 6.45) is 6.94. The Morgan fingerprint density at radius 3 is 2.73 bits per heavy atom. The zero-order valence-electron chi connectivity index (χ0n) is 15.4. The molecule has 7 nitrogen and oxygen atoms in total. The highest BCUT2D eigenvalue weighted by atomic mass is 32.1. The number of carbonyl (C=O) groups is 2. The first-order chi connectivity index (χ1) is 12.3. The summed E-state index contributed by atoms with van der Waals surface area (Å²) in [5.41, 5.74) is 1.08. The van der Waals surface area contributed by atoms with Crippen molar-refractivity contribution in [3.8, 4) is 10.6 Å². The van der Waals surface area contributed by atoms with Crippen LogP contribution in [0.2, 0.25) is 0 Å². The summed E-state index contributed by atoms with van der Waals surface area (Å²) < 4.78 is 0. The molecule has 1 fully saturated rings. The van der Waals surface area contributed by atoms with Crippen molar-refractivity contribution in [2.24, 2.45) is 5.41 Å². The van der Waals surface area contributed by atoms with E-state index in [9.17, 15) is 9.59 Å². The van der Waals surface area contributed by atoms with Crippen molar-refractivity contribution in [3.05, 3.63) is 24.3 Å². The first kappa shape index (κ1) is 18.4. The Morgan fingerprint density at radius 2 is 2.04 bits per heavy atom. The van der Waals surface area contributed by atoms with E-state index < -0.39 is 5.41 Å². The van der Waals surface area contributed by atoms with Crippen LogP contribution in [-0.2, 0) is 9.59 Å². The number of rotatable bonds is 3. The molecule has 1 saturated heterocycles. The molecule has 8 heteroatoms. The van der Waals surface area contributed by atoms with E-state index in [1.807, 2.05) is 25.7 Å². The first-order valence-electron chi connectivity index (χ1n) is 8.62. The summed E-state index contributed by atoms with van der Waals surface area (Å²) in [7, 11) is 0. The molecule has 1 aliphatic rings. The zero-order chi connectivity index (χ0) is 18.9. The third-order valence-corrected chi connectivity index (χ3v) is 5.13. The molecular weight excluding hydrogens is 350 g/mol. The van der Waals surface area contributed by atoms with Crippen LogP contribution >= 0.6 is 11.3 Å². The van der Waals surface area contributed by atoms with Crippen LogP contribution in [0.4, 0.5) is 5.13 Å². The number of nitrogens with one attached hydrogen (secondary N) is 1. The summed E-state index contributed by atoms with van der Waals surface area (Å²) in [6.45, 7) is 8.01. The van der Waals surface area contributed by atoms with Crippen LogP contribution in [0.15, 0.2) is 18.6 Å². The van der Waals surface area contributed by atoms with Gasteiger partial charge in [0.1, 0.15) is 5.69 Å². The number of nitrogens with zero attached hydrogens (tertiary/aromatic N) is 4. The molecule has 0 aliphatic carbocycles. The van der Waals surface area contributed by atoms with Gasteiger partial charge in [0.05, 0.1) is 29.0 Å². The quantitative estimate of drug-likeness (QED) is 0.892. The Balaban J connectivity index is 1.86. The van der Waals surface area contributed by atoms with Gasteiger partial charge in [-0.3, -0.25) is 14.6 Å². The van der Waals surface area contributed by atoms with Gasteiger partial charge in [-0.15, -0.1) is 0 Å². The van der Waals surface area contributed by atoms with E-state index in [4.69, 9.17) is 4.98 Å². The maximum atomic E-state index is 12.7. The van der Waals surface area contributed by atoms with Gasteiger partial charge in [-0.05, 0) is 12.8 Å². The van der Waals surface area contributed by atoms with Crippen LogP contribution in [0.5, 0.6) is 0 Å². The smallest absolute Gasteiger partial charge is 0.228 e. The lowest BCUT2D eigenvalue weighted by atomic mass is 9.94. The maximum Gasteiger partial charge on any atom is 0.228 e. The molecule has 3 rings (SSSR count). The summed E-state index contributed by atoms with van der Waals surface area (Å²) in [5, 5.41) is 3.20. The number of thiazole rings is 1. The van der Waals surface area contributed by atoms with E-state index in [-0.39, 0.29) is 17.9 Å². The number of carbonyl (C=O) groups excluding carboxylic acids is 2. The average Bonchev–Trinajstić information content (AvgIpc) is 3.22. The van der Waals surface area contributed by atoms with E-state index in [1.165, 1.54) is 18.3 Å².